The van der Waals surface area contributed by atoms with Crippen LogP contribution in [0.5, 0.6) is 5.75 Å². The molecule has 0 atom stereocenters. The molecule has 2 rings (SSSR count). The van der Waals surface area contributed by atoms with E-state index in [1.807, 2.05) is 18.2 Å². The molecule has 0 spiro atoms. The Balaban J connectivity index is 0.000000720. The molecule has 12 heavy (non-hydrogen) atoms. The van der Waals surface area contributed by atoms with E-state index >= 15 is 0 Å². The summed E-state index contributed by atoms with van der Waals surface area (Å²) in [6, 6.07) is 8.98. The van der Waals surface area contributed by atoms with Gasteiger partial charge in [0.2, 0.25) is 0 Å². The van der Waals surface area contributed by atoms with Crippen LogP contribution >= 0.6 is 0 Å². The van der Waals surface area contributed by atoms with Crippen LogP contribution in [0, 0.1) is 0 Å². The minimum Gasteiger partial charge on any atom is -0.508 e. The summed E-state index contributed by atoms with van der Waals surface area (Å²) >= 11 is 0. The number of hydrogen-bond acceptors (Lipinski definition) is 2. The Hall–Kier alpha value is -0.771. The fraction of sp³-hybridized carbons (Fsp3) is 0. The van der Waals surface area contributed by atoms with Crippen LogP contribution in [0.15, 0.2) is 36.5 Å². The third kappa shape index (κ3) is 1.69. The standard InChI is InChI=1S/C9H7NO.Sn/c11-8-4-3-7-2-1-5-10-9(7)6-8;/h1-6,11H;. The third-order valence-electron chi connectivity index (χ3n) is 1.59. The van der Waals surface area contributed by atoms with Crippen molar-refractivity contribution in [2.24, 2.45) is 0 Å². The van der Waals surface area contributed by atoms with Crippen molar-refractivity contribution in [1.29, 1.82) is 0 Å². The fourth-order valence-electron chi connectivity index (χ4n) is 1.05. The van der Waals surface area contributed by atoms with Crippen molar-refractivity contribution in [2.45, 2.75) is 0 Å². The smallest absolute Gasteiger partial charge is 0.117 e. The van der Waals surface area contributed by atoms with Crippen LogP contribution in [-0.4, -0.2) is 34.0 Å². The van der Waals surface area contributed by atoms with Crippen molar-refractivity contribution in [3.05, 3.63) is 36.5 Å². The average molecular weight is 264 g/mol. The van der Waals surface area contributed by atoms with Crippen LogP contribution in [0.25, 0.3) is 10.9 Å². The first-order valence-corrected chi connectivity index (χ1v) is 3.40. The van der Waals surface area contributed by atoms with Gasteiger partial charge in [0.15, 0.2) is 0 Å². The topological polar surface area (TPSA) is 33.1 Å². The van der Waals surface area contributed by atoms with Gasteiger partial charge in [-0.25, -0.2) is 0 Å². The molecule has 1 heterocycles. The zero-order valence-corrected chi connectivity index (χ0v) is 9.21. The largest absolute Gasteiger partial charge is 0.508 e. The first-order valence-electron chi connectivity index (χ1n) is 3.40. The first kappa shape index (κ1) is 9.32. The summed E-state index contributed by atoms with van der Waals surface area (Å²) in [5.74, 6) is 0.260. The molecule has 0 aliphatic rings. The van der Waals surface area contributed by atoms with Gasteiger partial charge in [-0.05, 0) is 18.2 Å². The summed E-state index contributed by atoms with van der Waals surface area (Å²) in [7, 11) is 0. The third-order valence-corrected chi connectivity index (χ3v) is 1.59. The average Bonchev–Trinajstić information content (AvgIpc) is 2.04. The second kappa shape index (κ2) is 3.76. The molecule has 58 valence electrons. The van der Waals surface area contributed by atoms with E-state index in [1.54, 1.807) is 18.3 Å². The monoisotopic (exact) mass is 265 g/mol. The van der Waals surface area contributed by atoms with Gasteiger partial charge in [-0.1, -0.05) is 6.07 Å². The van der Waals surface area contributed by atoms with Crippen LogP contribution in [0.2, 0.25) is 0 Å². The maximum Gasteiger partial charge on any atom is 0.117 e. The summed E-state index contributed by atoms with van der Waals surface area (Å²) in [6.07, 6.45) is 1.71. The summed E-state index contributed by atoms with van der Waals surface area (Å²) in [5.41, 5.74) is 0.826. The van der Waals surface area contributed by atoms with Crippen molar-refractivity contribution in [3.8, 4) is 5.75 Å². The number of pyridine rings is 1. The maximum atomic E-state index is 9.09. The van der Waals surface area contributed by atoms with Gasteiger partial charge < -0.3 is 5.11 Å². The number of aromatic hydroxyl groups is 1. The molecule has 0 unspecified atom stereocenters. The van der Waals surface area contributed by atoms with Crippen LogP contribution in [0.4, 0.5) is 0 Å². The van der Waals surface area contributed by atoms with Gasteiger partial charge in [0.1, 0.15) is 5.75 Å². The van der Waals surface area contributed by atoms with Crippen molar-refractivity contribution in [1.82, 2.24) is 4.98 Å². The van der Waals surface area contributed by atoms with Gasteiger partial charge in [-0.15, -0.1) is 0 Å². The molecule has 2 aromatic rings. The van der Waals surface area contributed by atoms with Crippen molar-refractivity contribution in [3.63, 3.8) is 0 Å². The molecule has 4 radical (unpaired) electrons. The molecule has 0 fully saturated rings. The Morgan fingerprint density at radius 2 is 2.00 bits per heavy atom. The Labute approximate surface area is 87.2 Å². The van der Waals surface area contributed by atoms with Crippen molar-refractivity contribution < 1.29 is 5.11 Å². The summed E-state index contributed by atoms with van der Waals surface area (Å²) in [6.45, 7) is 0. The second-order valence-corrected chi connectivity index (χ2v) is 2.38. The van der Waals surface area contributed by atoms with Crippen molar-refractivity contribution in [2.75, 3.05) is 0 Å². The Bertz CT molecular complexity index is 389. The SMILES string of the molecule is Oc1ccc2cccnc2c1.[Sn]. The minimum atomic E-state index is 0. The molecule has 1 N–H and O–H groups in total. The number of aromatic nitrogens is 1. The molecule has 3 heteroatoms. The molecular weight excluding hydrogens is 257 g/mol. The molecule has 1 aromatic carbocycles. The van der Waals surface area contributed by atoms with E-state index in [0.717, 1.165) is 10.9 Å². The molecule has 0 aliphatic heterocycles. The number of benzene rings is 1. The first-order chi connectivity index (χ1) is 5.36. The summed E-state index contributed by atoms with van der Waals surface area (Å²) < 4.78 is 0. The van der Waals surface area contributed by atoms with E-state index in [2.05, 4.69) is 4.98 Å². The van der Waals surface area contributed by atoms with E-state index in [0.29, 0.717) is 0 Å². The molecule has 0 aliphatic carbocycles. The second-order valence-electron chi connectivity index (χ2n) is 2.38. The molecule has 0 amide bonds. The number of hydrogen-bond donors (Lipinski definition) is 1. The van der Waals surface area contributed by atoms with Crippen molar-refractivity contribution >= 4 is 34.8 Å². The van der Waals surface area contributed by atoms with Gasteiger partial charge in [0.25, 0.3) is 0 Å². The number of rotatable bonds is 0. The van der Waals surface area contributed by atoms with E-state index < -0.39 is 0 Å². The van der Waals surface area contributed by atoms with Gasteiger partial charge in [0.05, 0.1) is 5.52 Å². The zero-order valence-electron chi connectivity index (χ0n) is 6.36. The van der Waals surface area contributed by atoms with Gasteiger partial charge in [-0.2, -0.15) is 0 Å². The minimum absolute atomic E-state index is 0. The Morgan fingerprint density at radius 3 is 2.83 bits per heavy atom. The van der Waals surface area contributed by atoms with Crippen LogP contribution < -0.4 is 0 Å². The van der Waals surface area contributed by atoms with Gasteiger partial charge >= 0.3 is 0 Å². The quantitative estimate of drug-likeness (QED) is 0.732. The molecule has 0 saturated carbocycles. The molecule has 1 aromatic heterocycles. The normalized spacial score (nSPS) is 9.33. The predicted octanol–water partition coefficient (Wildman–Crippen LogP) is 1.56. The van der Waals surface area contributed by atoms with Crippen LogP contribution in [-0.2, 0) is 0 Å². The predicted molar refractivity (Wildman–Crippen MR) is 49.2 cm³/mol. The van der Waals surface area contributed by atoms with Crippen LogP contribution in [0.3, 0.4) is 0 Å². The van der Waals surface area contributed by atoms with Gasteiger partial charge in [0, 0.05) is 41.6 Å². The molecule has 0 bridgehead atoms. The van der Waals surface area contributed by atoms with Gasteiger partial charge in [-0.3, -0.25) is 4.98 Å². The number of phenols is 1. The van der Waals surface area contributed by atoms with E-state index in [-0.39, 0.29) is 29.7 Å². The molecule has 2 nitrogen and oxygen atoms in total. The number of fused-ring (bicyclic) bond motifs is 1. The van der Waals surface area contributed by atoms with Crippen LogP contribution in [0.1, 0.15) is 0 Å². The fourth-order valence-corrected chi connectivity index (χ4v) is 1.05. The van der Waals surface area contributed by atoms with E-state index in [9.17, 15) is 0 Å². The molecule has 0 saturated heterocycles. The number of nitrogens with zero attached hydrogens (tertiary/aromatic N) is 1. The molecular formula is C9H7NOSn. The summed E-state index contributed by atoms with van der Waals surface area (Å²) in [5, 5.41) is 10.1. The van der Waals surface area contributed by atoms with E-state index in [1.165, 1.54) is 0 Å². The Morgan fingerprint density at radius 1 is 1.17 bits per heavy atom. The summed E-state index contributed by atoms with van der Waals surface area (Å²) in [4.78, 5) is 4.08. The Kier molecular flexibility index (Phi) is 2.92. The number of phenolic OH excluding ortho intramolecular Hbond substituents is 1. The zero-order chi connectivity index (χ0) is 7.68. The van der Waals surface area contributed by atoms with E-state index in [4.69, 9.17) is 5.11 Å². The maximum absolute atomic E-state index is 9.09.